The Morgan fingerprint density at radius 3 is 2.49 bits per heavy atom. The zero-order valence-corrected chi connectivity index (χ0v) is 22.9. The largest absolute Gasteiger partial charge is 0.411 e. The van der Waals surface area contributed by atoms with E-state index in [1.54, 1.807) is 27.0 Å². The monoisotopic (exact) mass is 570 g/mol. The Balaban J connectivity index is 1.61. The van der Waals surface area contributed by atoms with Gasteiger partial charge in [-0.25, -0.2) is 9.97 Å². The summed E-state index contributed by atoms with van der Waals surface area (Å²) in [5, 5.41) is 38.8. The highest BCUT2D eigenvalue weighted by atomic mass is 32.1. The van der Waals surface area contributed by atoms with Crippen LogP contribution >= 0.6 is 11.3 Å². The van der Waals surface area contributed by atoms with Gasteiger partial charge in [0, 0.05) is 25.3 Å². The number of hydrogen-bond acceptors (Lipinski definition) is 11. The molecule has 3 heterocycles. The van der Waals surface area contributed by atoms with Crippen molar-refractivity contribution in [1.29, 1.82) is 0 Å². The van der Waals surface area contributed by atoms with Crippen LogP contribution in [0.3, 0.4) is 0 Å². The number of ether oxygens (including phenoxy) is 1. The van der Waals surface area contributed by atoms with Gasteiger partial charge in [-0.05, 0) is 46.6 Å². The molecule has 4 atom stereocenters. The molecule has 0 spiro atoms. The van der Waals surface area contributed by atoms with Gasteiger partial charge in [0.2, 0.25) is 5.95 Å². The van der Waals surface area contributed by atoms with E-state index in [0.717, 1.165) is 15.9 Å². The van der Waals surface area contributed by atoms with Crippen LogP contribution in [0.5, 0.6) is 0 Å². The van der Waals surface area contributed by atoms with Crippen molar-refractivity contribution in [1.82, 2.24) is 19.9 Å². The molecule has 5 N–H and O–H groups in total. The van der Waals surface area contributed by atoms with Crippen molar-refractivity contribution in [3.05, 3.63) is 23.7 Å². The van der Waals surface area contributed by atoms with Gasteiger partial charge in [-0.1, -0.05) is 0 Å². The van der Waals surface area contributed by atoms with Crippen LogP contribution in [0.25, 0.3) is 20.8 Å². The molecule has 14 heteroatoms. The Morgan fingerprint density at radius 2 is 1.85 bits per heavy atom. The van der Waals surface area contributed by atoms with Crippen LogP contribution in [0, 0.1) is 19.8 Å². The molecule has 0 saturated heterocycles. The van der Waals surface area contributed by atoms with Crippen LogP contribution in [0.1, 0.15) is 38.1 Å². The van der Waals surface area contributed by atoms with Crippen molar-refractivity contribution < 1.29 is 33.2 Å². The smallest absolute Gasteiger partial charge is 0.390 e. The van der Waals surface area contributed by atoms with Gasteiger partial charge in [0.1, 0.15) is 29.1 Å². The maximum absolute atomic E-state index is 12.3. The molecule has 0 aliphatic heterocycles. The lowest BCUT2D eigenvalue weighted by molar-refractivity contribution is -0.173. The molecule has 1 saturated carbocycles. The fourth-order valence-corrected chi connectivity index (χ4v) is 5.83. The summed E-state index contributed by atoms with van der Waals surface area (Å²) >= 11 is 1.44. The summed E-state index contributed by atoms with van der Waals surface area (Å²) in [5.41, 5.74) is 1.52. The number of pyridine rings is 1. The number of anilines is 2. The molecular formula is C25H33F3N6O4S. The zero-order valence-electron chi connectivity index (χ0n) is 22.1. The first-order valence-corrected chi connectivity index (χ1v) is 13.4. The second kappa shape index (κ2) is 11.5. The number of alkyl halides is 3. The lowest BCUT2D eigenvalue weighted by Gasteiger charge is -2.28. The fraction of sp³-hybridized carbons (Fsp3) is 0.600. The summed E-state index contributed by atoms with van der Waals surface area (Å²) in [7, 11) is 0. The Bertz CT molecular complexity index is 1300. The van der Waals surface area contributed by atoms with Crippen molar-refractivity contribution in [2.24, 2.45) is 5.92 Å². The van der Waals surface area contributed by atoms with E-state index in [1.165, 1.54) is 11.3 Å². The van der Waals surface area contributed by atoms with E-state index in [4.69, 9.17) is 4.98 Å². The van der Waals surface area contributed by atoms with E-state index < -0.39 is 42.6 Å². The minimum absolute atomic E-state index is 0.0851. The maximum atomic E-state index is 12.3. The van der Waals surface area contributed by atoms with Crippen LogP contribution < -0.4 is 10.6 Å². The van der Waals surface area contributed by atoms with Crippen molar-refractivity contribution >= 4 is 33.3 Å². The van der Waals surface area contributed by atoms with Gasteiger partial charge in [0.15, 0.2) is 0 Å². The first-order chi connectivity index (χ1) is 18.2. The molecular weight excluding hydrogens is 537 g/mol. The van der Waals surface area contributed by atoms with Crippen molar-refractivity contribution in [2.75, 3.05) is 30.4 Å². The molecule has 0 unspecified atom stereocenters. The molecule has 1 aliphatic rings. The summed E-state index contributed by atoms with van der Waals surface area (Å²) in [6, 6.07) is 1.25. The van der Waals surface area contributed by atoms with Crippen LogP contribution in [0.15, 0.2) is 12.3 Å². The SMILES string of the molecule is Cc1nc(NCCCOCC(F)(F)F)nc(N[C@@H]2C[C@H](C(C)(C)O)[C@@H](O)[C@H]2O)c1-c1nc2c(C)nccc2s1. The number of thiazole rings is 1. The molecule has 1 fully saturated rings. The van der Waals surface area contributed by atoms with E-state index in [0.29, 0.717) is 28.5 Å². The predicted octanol–water partition coefficient (Wildman–Crippen LogP) is 3.44. The first kappa shape index (κ1) is 29.3. The van der Waals surface area contributed by atoms with Gasteiger partial charge in [-0.2, -0.15) is 18.2 Å². The average Bonchev–Trinajstić information content (AvgIpc) is 3.38. The van der Waals surface area contributed by atoms with Gasteiger partial charge < -0.3 is 30.7 Å². The molecule has 10 nitrogen and oxygen atoms in total. The molecule has 0 aromatic carbocycles. The quantitative estimate of drug-likeness (QED) is 0.230. The Labute approximate surface area is 227 Å². The van der Waals surface area contributed by atoms with E-state index in [1.807, 2.05) is 13.0 Å². The molecule has 4 rings (SSSR count). The number of rotatable bonds is 10. The minimum Gasteiger partial charge on any atom is -0.390 e. The maximum Gasteiger partial charge on any atom is 0.411 e. The van der Waals surface area contributed by atoms with Gasteiger partial charge in [0.05, 0.1) is 39.4 Å². The van der Waals surface area contributed by atoms with Crippen LogP contribution in [-0.2, 0) is 4.74 Å². The lowest BCUT2D eigenvalue weighted by Crippen LogP contribution is -2.40. The van der Waals surface area contributed by atoms with Gasteiger partial charge >= 0.3 is 6.18 Å². The number of aryl methyl sites for hydroxylation is 2. The molecule has 0 bridgehead atoms. The highest BCUT2D eigenvalue weighted by Gasteiger charge is 2.48. The van der Waals surface area contributed by atoms with E-state index >= 15 is 0 Å². The summed E-state index contributed by atoms with van der Waals surface area (Å²) < 4.78 is 42.4. The second-order valence-electron chi connectivity index (χ2n) is 10.3. The van der Waals surface area contributed by atoms with Crippen LogP contribution in [-0.4, -0.2) is 85.0 Å². The Hall–Kier alpha value is -2.65. The summed E-state index contributed by atoms with van der Waals surface area (Å²) in [4.78, 5) is 18.2. The van der Waals surface area contributed by atoms with Gasteiger partial charge in [-0.3, -0.25) is 4.98 Å². The van der Waals surface area contributed by atoms with E-state index in [9.17, 15) is 28.5 Å². The van der Waals surface area contributed by atoms with E-state index in [-0.39, 0.29) is 25.5 Å². The number of hydrogen-bond donors (Lipinski definition) is 5. The average molecular weight is 571 g/mol. The molecule has 0 radical (unpaired) electrons. The zero-order chi connectivity index (χ0) is 28.5. The number of aromatic nitrogens is 4. The number of halogens is 3. The van der Waals surface area contributed by atoms with Gasteiger partial charge in [0.25, 0.3) is 0 Å². The minimum atomic E-state index is -4.37. The third kappa shape index (κ3) is 6.92. The predicted molar refractivity (Wildman–Crippen MR) is 142 cm³/mol. The molecule has 0 amide bonds. The normalized spacial score (nSPS) is 22.0. The topological polar surface area (TPSA) is 146 Å². The highest BCUT2D eigenvalue weighted by Crippen LogP contribution is 2.40. The summed E-state index contributed by atoms with van der Waals surface area (Å²) in [6.45, 7) is 5.72. The third-order valence-electron chi connectivity index (χ3n) is 6.72. The molecule has 214 valence electrons. The molecule has 3 aromatic rings. The summed E-state index contributed by atoms with van der Waals surface area (Å²) in [5.74, 6) is 0.0399. The Morgan fingerprint density at radius 1 is 1.10 bits per heavy atom. The molecule has 3 aromatic heterocycles. The lowest BCUT2D eigenvalue weighted by atomic mass is 9.88. The number of aliphatic hydroxyl groups is 3. The first-order valence-electron chi connectivity index (χ1n) is 12.6. The fourth-order valence-electron chi connectivity index (χ4n) is 4.72. The van der Waals surface area contributed by atoms with Crippen molar-refractivity contribution in [2.45, 2.75) is 70.6 Å². The highest BCUT2D eigenvalue weighted by molar-refractivity contribution is 7.21. The summed E-state index contributed by atoms with van der Waals surface area (Å²) in [6.07, 6.45) is -4.37. The van der Waals surface area contributed by atoms with Crippen molar-refractivity contribution in [3.8, 4) is 10.6 Å². The van der Waals surface area contributed by atoms with Crippen LogP contribution in [0.2, 0.25) is 0 Å². The molecule has 1 aliphatic carbocycles. The number of fused-ring (bicyclic) bond motifs is 1. The second-order valence-corrected chi connectivity index (χ2v) is 11.3. The van der Waals surface area contributed by atoms with Crippen molar-refractivity contribution in [3.63, 3.8) is 0 Å². The number of nitrogens with one attached hydrogen (secondary N) is 2. The van der Waals surface area contributed by atoms with E-state index in [2.05, 4.69) is 30.3 Å². The number of aliphatic hydroxyl groups excluding tert-OH is 2. The van der Waals surface area contributed by atoms with Crippen LogP contribution in [0.4, 0.5) is 24.9 Å². The molecule has 39 heavy (non-hydrogen) atoms. The number of nitrogens with zero attached hydrogens (tertiary/aromatic N) is 4. The third-order valence-corrected chi connectivity index (χ3v) is 7.76. The van der Waals surface area contributed by atoms with Gasteiger partial charge in [-0.15, -0.1) is 11.3 Å². The standard InChI is InChI=1S/C25H33F3N6O4S/c1-12-17(22-33-18-13(2)29-8-6-16(18)39-22)21(32-15-10-14(24(3,4)37)19(35)20(15)36)34-23(31-12)30-7-5-9-38-11-25(26,27)28/h6,8,14-15,19-20,35-37H,5,7,9-11H2,1-4H3,(H2,30,31,32,34)/t14-,15+,19+,20-/m0/s1. The Kier molecular flexibility index (Phi) is 8.61.